The Morgan fingerprint density at radius 3 is 2.57 bits per heavy atom. The van der Waals surface area contributed by atoms with E-state index in [0.29, 0.717) is 31.7 Å². The number of nitrogens with zero attached hydrogens (tertiary/aromatic N) is 3. The zero-order chi connectivity index (χ0) is 21.3. The number of fused-ring (bicyclic) bond motifs is 1. The quantitative estimate of drug-likeness (QED) is 0.518. The first-order valence-electron chi connectivity index (χ1n) is 10.6. The van der Waals surface area contributed by atoms with Gasteiger partial charge in [-0.1, -0.05) is 42.8 Å². The summed E-state index contributed by atoms with van der Waals surface area (Å²) in [6.45, 7) is 5.82. The summed E-state index contributed by atoms with van der Waals surface area (Å²) in [6.07, 6.45) is 4.97. The first kappa shape index (κ1) is 21.6. The van der Waals surface area contributed by atoms with Crippen molar-refractivity contribution < 1.29 is 9.59 Å². The number of imidazole rings is 1. The molecule has 0 aliphatic rings. The SMILES string of the molecule is CCN(Cc1ccccc1)C(=O)CCCCCNC(=O)c1c(C)nc2ccccn12. The van der Waals surface area contributed by atoms with Gasteiger partial charge in [0.1, 0.15) is 11.3 Å². The molecule has 158 valence electrons. The Hall–Kier alpha value is -3.15. The largest absolute Gasteiger partial charge is 0.351 e. The lowest BCUT2D eigenvalue weighted by Gasteiger charge is -2.21. The maximum Gasteiger partial charge on any atom is 0.270 e. The predicted molar refractivity (Wildman–Crippen MR) is 118 cm³/mol. The van der Waals surface area contributed by atoms with Gasteiger partial charge in [-0.25, -0.2) is 4.98 Å². The summed E-state index contributed by atoms with van der Waals surface area (Å²) >= 11 is 0. The summed E-state index contributed by atoms with van der Waals surface area (Å²) in [6, 6.07) is 15.7. The fraction of sp³-hybridized carbons (Fsp3) is 0.375. The minimum Gasteiger partial charge on any atom is -0.351 e. The molecule has 6 heteroatoms. The Bertz CT molecular complexity index is 981. The molecule has 1 N–H and O–H groups in total. The molecule has 2 amide bonds. The van der Waals surface area contributed by atoms with Crippen LogP contribution in [-0.4, -0.2) is 39.2 Å². The van der Waals surface area contributed by atoms with E-state index >= 15 is 0 Å². The minimum absolute atomic E-state index is 0.109. The molecule has 30 heavy (non-hydrogen) atoms. The third-order valence-corrected chi connectivity index (χ3v) is 5.22. The van der Waals surface area contributed by atoms with Crippen molar-refractivity contribution in [1.82, 2.24) is 19.6 Å². The van der Waals surface area contributed by atoms with Gasteiger partial charge in [0.2, 0.25) is 5.91 Å². The lowest BCUT2D eigenvalue weighted by molar-refractivity contribution is -0.131. The Labute approximate surface area is 177 Å². The van der Waals surface area contributed by atoms with Crippen molar-refractivity contribution in [1.29, 1.82) is 0 Å². The number of hydrogen-bond acceptors (Lipinski definition) is 3. The van der Waals surface area contributed by atoms with Crippen LogP contribution in [0.25, 0.3) is 5.65 Å². The third-order valence-electron chi connectivity index (χ3n) is 5.22. The number of carbonyl (C=O) groups excluding carboxylic acids is 2. The van der Waals surface area contributed by atoms with E-state index in [4.69, 9.17) is 0 Å². The van der Waals surface area contributed by atoms with E-state index in [0.717, 1.165) is 36.2 Å². The molecule has 0 saturated heterocycles. The first-order valence-corrected chi connectivity index (χ1v) is 10.6. The van der Waals surface area contributed by atoms with Crippen molar-refractivity contribution in [3.63, 3.8) is 0 Å². The molecular formula is C24H30N4O2. The molecule has 0 radical (unpaired) electrons. The molecule has 3 aromatic rings. The standard InChI is InChI=1S/C24H30N4O2/c1-3-27(18-20-12-6-4-7-13-20)22(29)15-8-5-10-16-25-24(30)23-19(2)26-21-14-9-11-17-28(21)23/h4,6-7,9,11-14,17H,3,5,8,10,15-16,18H2,1-2H3,(H,25,30). The van der Waals surface area contributed by atoms with Crippen LogP contribution in [0.15, 0.2) is 54.7 Å². The Kier molecular flexibility index (Phi) is 7.60. The number of nitrogens with one attached hydrogen (secondary N) is 1. The van der Waals surface area contributed by atoms with Gasteiger partial charge < -0.3 is 10.2 Å². The van der Waals surface area contributed by atoms with Crippen LogP contribution >= 0.6 is 0 Å². The zero-order valence-electron chi connectivity index (χ0n) is 17.8. The molecule has 2 heterocycles. The van der Waals surface area contributed by atoms with Crippen LogP contribution in [0.5, 0.6) is 0 Å². The second-order valence-corrected chi connectivity index (χ2v) is 7.43. The molecule has 0 fully saturated rings. The van der Waals surface area contributed by atoms with E-state index in [1.165, 1.54) is 0 Å². The van der Waals surface area contributed by atoms with Gasteiger partial charge >= 0.3 is 0 Å². The van der Waals surface area contributed by atoms with E-state index in [1.54, 1.807) is 0 Å². The van der Waals surface area contributed by atoms with Crippen LogP contribution in [0.3, 0.4) is 0 Å². The zero-order valence-corrected chi connectivity index (χ0v) is 17.8. The maximum atomic E-state index is 12.6. The first-order chi connectivity index (χ1) is 14.6. The van der Waals surface area contributed by atoms with Gasteiger partial charge in [0, 0.05) is 32.3 Å². The highest BCUT2D eigenvalue weighted by Gasteiger charge is 2.16. The summed E-state index contributed by atoms with van der Waals surface area (Å²) in [7, 11) is 0. The highest BCUT2D eigenvalue weighted by molar-refractivity contribution is 5.94. The van der Waals surface area contributed by atoms with Crippen LogP contribution in [0.2, 0.25) is 0 Å². The summed E-state index contributed by atoms with van der Waals surface area (Å²) in [5.74, 6) is 0.0778. The molecule has 0 atom stereocenters. The summed E-state index contributed by atoms with van der Waals surface area (Å²) < 4.78 is 1.81. The summed E-state index contributed by atoms with van der Waals surface area (Å²) in [5.41, 5.74) is 3.23. The molecule has 2 aromatic heterocycles. The van der Waals surface area contributed by atoms with Gasteiger partial charge in [-0.2, -0.15) is 0 Å². The number of amides is 2. The molecule has 0 bridgehead atoms. The van der Waals surface area contributed by atoms with Crippen molar-refractivity contribution in [2.24, 2.45) is 0 Å². The molecule has 0 spiro atoms. The van der Waals surface area contributed by atoms with Gasteiger partial charge in [0.05, 0.1) is 5.69 Å². The number of carbonyl (C=O) groups is 2. The van der Waals surface area contributed by atoms with Crippen molar-refractivity contribution in [3.8, 4) is 0 Å². The third kappa shape index (κ3) is 5.47. The van der Waals surface area contributed by atoms with Crippen LogP contribution in [0, 0.1) is 6.92 Å². The smallest absolute Gasteiger partial charge is 0.270 e. The number of aromatic nitrogens is 2. The van der Waals surface area contributed by atoms with E-state index in [-0.39, 0.29) is 11.8 Å². The predicted octanol–water partition coefficient (Wildman–Crippen LogP) is 3.98. The van der Waals surface area contributed by atoms with Crippen molar-refractivity contribution in [2.75, 3.05) is 13.1 Å². The highest BCUT2D eigenvalue weighted by atomic mass is 16.2. The summed E-state index contributed by atoms with van der Waals surface area (Å²) in [5, 5.41) is 2.98. The van der Waals surface area contributed by atoms with Crippen molar-refractivity contribution >= 4 is 17.5 Å². The Morgan fingerprint density at radius 2 is 1.80 bits per heavy atom. The monoisotopic (exact) mass is 406 g/mol. The number of unbranched alkanes of at least 4 members (excludes halogenated alkanes) is 2. The Balaban J connectivity index is 1.38. The maximum absolute atomic E-state index is 12.6. The fourth-order valence-corrected chi connectivity index (χ4v) is 3.59. The Morgan fingerprint density at radius 1 is 1.03 bits per heavy atom. The van der Waals surface area contributed by atoms with Gasteiger partial charge in [0.25, 0.3) is 5.91 Å². The van der Waals surface area contributed by atoms with E-state index in [2.05, 4.69) is 10.3 Å². The number of rotatable bonds is 10. The highest BCUT2D eigenvalue weighted by Crippen LogP contribution is 2.12. The van der Waals surface area contributed by atoms with Crippen LogP contribution in [-0.2, 0) is 11.3 Å². The van der Waals surface area contributed by atoms with Gasteiger partial charge in [0.15, 0.2) is 0 Å². The number of hydrogen-bond donors (Lipinski definition) is 1. The molecular weight excluding hydrogens is 376 g/mol. The van der Waals surface area contributed by atoms with E-state index < -0.39 is 0 Å². The summed E-state index contributed by atoms with van der Waals surface area (Å²) in [4.78, 5) is 31.4. The lowest BCUT2D eigenvalue weighted by Crippen LogP contribution is -2.30. The average molecular weight is 407 g/mol. The molecule has 6 nitrogen and oxygen atoms in total. The van der Waals surface area contributed by atoms with Crippen molar-refractivity contribution in [3.05, 3.63) is 71.7 Å². The fourth-order valence-electron chi connectivity index (χ4n) is 3.59. The van der Waals surface area contributed by atoms with Gasteiger partial charge in [-0.3, -0.25) is 14.0 Å². The van der Waals surface area contributed by atoms with Crippen LogP contribution in [0.1, 0.15) is 54.4 Å². The molecule has 1 aromatic carbocycles. The van der Waals surface area contributed by atoms with Gasteiger partial charge in [-0.15, -0.1) is 0 Å². The molecule has 0 unspecified atom stereocenters. The molecule has 0 aliphatic heterocycles. The molecule has 0 saturated carbocycles. The second kappa shape index (κ2) is 10.6. The van der Waals surface area contributed by atoms with E-state index in [9.17, 15) is 9.59 Å². The van der Waals surface area contributed by atoms with Crippen LogP contribution < -0.4 is 5.32 Å². The normalized spacial score (nSPS) is 10.9. The topological polar surface area (TPSA) is 66.7 Å². The second-order valence-electron chi connectivity index (χ2n) is 7.43. The number of pyridine rings is 1. The minimum atomic E-state index is -0.109. The van der Waals surface area contributed by atoms with Crippen molar-refractivity contribution in [2.45, 2.75) is 46.1 Å². The lowest BCUT2D eigenvalue weighted by atomic mass is 10.1. The van der Waals surface area contributed by atoms with Crippen LogP contribution in [0.4, 0.5) is 0 Å². The average Bonchev–Trinajstić information content (AvgIpc) is 3.10. The number of aryl methyl sites for hydroxylation is 1. The van der Waals surface area contributed by atoms with Gasteiger partial charge in [-0.05, 0) is 44.4 Å². The molecule has 0 aliphatic carbocycles. The van der Waals surface area contributed by atoms with E-state index in [1.807, 2.05) is 77.9 Å². The molecule has 3 rings (SSSR count). The number of benzene rings is 1.